The van der Waals surface area contributed by atoms with Gasteiger partial charge >= 0.3 is 0 Å². The highest BCUT2D eigenvalue weighted by Gasteiger charge is 2.35. The number of halogens is 2. The molecule has 5 nitrogen and oxygen atoms in total. The Labute approximate surface area is 201 Å². The van der Waals surface area contributed by atoms with Gasteiger partial charge in [-0.2, -0.15) is 5.26 Å². The number of nitriles is 1. The number of rotatable bonds is 4. The van der Waals surface area contributed by atoms with Gasteiger partial charge in [0.05, 0.1) is 11.6 Å². The van der Waals surface area contributed by atoms with Crippen molar-refractivity contribution in [1.82, 2.24) is 4.90 Å². The largest absolute Gasteiger partial charge is 0.457 e. The van der Waals surface area contributed by atoms with Crippen LogP contribution >= 0.6 is 23.2 Å². The average molecular weight is 477 g/mol. The number of aryl methyl sites for hydroxylation is 1. The van der Waals surface area contributed by atoms with Crippen LogP contribution in [0.5, 0.6) is 0 Å². The summed E-state index contributed by atoms with van der Waals surface area (Å²) in [6.07, 6.45) is 1.54. The summed E-state index contributed by atoms with van der Waals surface area (Å²) < 4.78 is 5.89. The number of imide groups is 1. The van der Waals surface area contributed by atoms with Crippen molar-refractivity contribution in [2.24, 2.45) is 0 Å². The smallest absolute Gasteiger partial charge is 0.271 e. The molecular formula is C26H18Cl2N2O3. The first kappa shape index (κ1) is 22.6. The van der Waals surface area contributed by atoms with Crippen molar-refractivity contribution in [2.45, 2.75) is 20.4 Å². The Balaban J connectivity index is 1.71. The third kappa shape index (κ3) is 4.49. The van der Waals surface area contributed by atoms with E-state index in [4.69, 9.17) is 27.6 Å². The molecule has 0 fully saturated rings. The van der Waals surface area contributed by atoms with Crippen molar-refractivity contribution in [3.8, 4) is 17.4 Å². The molecule has 0 spiro atoms. The number of nitrogens with zero attached hydrogens (tertiary/aromatic N) is 2. The second-order valence-electron chi connectivity index (χ2n) is 7.68. The van der Waals surface area contributed by atoms with Gasteiger partial charge < -0.3 is 4.42 Å². The van der Waals surface area contributed by atoms with Crippen molar-refractivity contribution in [1.29, 1.82) is 5.26 Å². The lowest BCUT2D eigenvalue weighted by Crippen LogP contribution is -2.42. The molecule has 1 aromatic heterocycles. The molecule has 1 aliphatic heterocycles. The molecule has 0 N–H and O–H groups in total. The molecule has 3 aromatic rings. The summed E-state index contributed by atoms with van der Waals surface area (Å²) in [6.45, 7) is 3.61. The minimum Gasteiger partial charge on any atom is -0.457 e. The summed E-state index contributed by atoms with van der Waals surface area (Å²) in [7, 11) is 0. The molecule has 33 heavy (non-hydrogen) atoms. The zero-order chi connectivity index (χ0) is 23.7. The number of carbonyl (C=O) groups is 2. The maximum absolute atomic E-state index is 13.3. The summed E-state index contributed by atoms with van der Waals surface area (Å²) in [5.41, 5.74) is 2.98. The van der Waals surface area contributed by atoms with Crippen molar-refractivity contribution in [2.75, 3.05) is 0 Å². The molecule has 0 saturated carbocycles. The normalized spacial score (nSPS) is 15.4. The van der Waals surface area contributed by atoms with Gasteiger partial charge in [-0.15, -0.1) is 0 Å². The van der Waals surface area contributed by atoms with Crippen LogP contribution in [0.15, 0.2) is 75.7 Å². The van der Waals surface area contributed by atoms with Gasteiger partial charge in [-0.3, -0.25) is 14.5 Å². The maximum Gasteiger partial charge on any atom is 0.271 e. The van der Waals surface area contributed by atoms with Gasteiger partial charge in [0.25, 0.3) is 11.8 Å². The second kappa shape index (κ2) is 9.11. The van der Waals surface area contributed by atoms with E-state index < -0.39 is 11.8 Å². The number of amides is 2. The SMILES string of the molecule is CC1=C(C#N)C(=O)N(Cc2ccc(C)cc2)C(=O)/C1=C/c1ccc(-c2ccc(Cl)cc2Cl)o1. The van der Waals surface area contributed by atoms with Crippen molar-refractivity contribution >= 4 is 41.1 Å². The quantitative estimate of drug-likeness (QED) is 0.324. The summed E-state index contributed by atoms with van der Waals surface area (Å²) >= 11 is 12.2. The third-order valence-electron chi connectivity index (χ3n) is 5.40. The molecule has 2 heterocycles. The number of carbonyl (C=O) groups excluding carboxylic acids is 2. The summed E-state index contributed by atoms with van der Waals surface area (Å²) in [4.78, 5) is 27.2. The molecule has 0 saturated heterocycles. The first-order valence-electron chi connectivity index (χ1n) is 10.1. The van der Waals surface area contributed by atoms with Gasteiger partial charge in [-0.25, -0.2) is 0 Å². The molecule has 0 aliphatic carbocycles. The van der Waals surface area contributed by atoms with Gasteiger partial charge in [0.2, 0.25) is 0 Å². The molecule has 7 heteroatoms. The lowest BCUT2D eigenvalue weighted by atomic mass is 9.94. The number of hydrogen-bond acceptors (Lipinski definition) is 4. The van der Waals surface area contributed by atoms with Crippen LogP contribution in [0.3, 0.4) is 0 Å². The molecule has 0 bridgehead atoms. The molecular weight excluding hydrogens is 459 g/mol. The summed E-state index contributed by atoms with van der Waals surface area (Å²) in [5.74, 6) is -0.201. The van der Waals surface area contributed by atoms with E-state index in [0.29, 0.717) is 32.7 Å². The Bertz CT molecular complexity index is 1380. The number of furan rings is 1. The molecule has 2 amide bonds. The van der Waals surface area contributed by atoms with Crippen LogP contribution in [-0.4, -0.2) is 16.7 Å². The van der Waals surface area contributed by atoms with Crippen LogP contribution in [0.4, 0.5) is 0 Å². The molecule has 0 unspecified atom stereocenters. The standard InChI is InChI=1S/C26H18Cl2N2O3/c1-15-3-5-17(6-4-15)14-30-25(31)21(16(2)22(13-29)26(30)32)12-19-8-10-24(33-19)20-9-7-18(27)11-23(20)28/h3-12H,14H2,1-2H3/b21-12+. The Morgan fingerprint density at radius 3 is 2.39 bits per heavy atom. The second-order valence-corrected chi connectivity index (χ2v) is 8.52. The fourth-order valence-corrected chi connectivity index (χ4v) is 4.06. The Kier molecular flexibility index (Phi) is 6.24. The zero-order valence-electron chi connectivity index (χ0n) is 17.9. The molecule has 0 atom stereocenters. The topological polar surface area (TPSA) is 74.3 Å². The lowest BCUT2D eigenvalue weighted by Gasteiger charge is -2.27. The lowest BCUT2D eigenvalue weighted by molar-refractivity contribution is -0.141. The highest BCUT2D eigenvalue weighted by molar-refractivity contribution is 6.36. The number of benzene rings is 2. The monoisotopic (exact) mass is 476 g/mol. The first-order chi connectivity index (χ1) is 15.8. The molecule has 0 radical (unpaired) electrons. The van der Waals surface area contributed by atoms with E-state index in [2.05, 4.69) is 0 Å². The van der Waals surface area contributed by atoms with E-state index in [9.17, 15) is 14.9 Å². The van der Waals surface area contributed by atoms with E-state index >= 15 is 0 Å². The maximum atomic E-state index is 13.3. The fraction of sp³-hybridized carbons (Fsp3) is 0.115. The van der Waals surface area contributed by atoms with Crippen LogP contribution in [0.25, 0.3) is 17.4 Å². The average Bonchev–Trinajstić information content (AvgIpc) is 3.24. The van der Waals surface area contributed by atoms with E-state index in [1.807, 2.05) is 37.3 Å². The molecule has 1 aliphatic rings. The van der Waals surface area contributed by atoms with Crippen LogP contribution in [0, 0.1) is 18.3 Å². The van der Waals surface area contributed by atoms with Gasteiger partial charge in [0.1, 0.15) is 23.2 Å². The van der Waals surface area contributed by atoms with Crippen molar-refractivity contribution < 1.29 is 14.0 Å². The fourth-order valence-electron chi connectivity index (χ4n) is 3.56. The predicted molar refractivity (Wildman–Crippen MR) is 127 cm³/mol. The van der Waals surface area contributed by atoms with Gasteiger partial charge in [0, 0.05) is 16.2 Å². The van der Waals surface area contributed by atoms with E-state index in [0.717, 1.165) is 16.0 Å². The first-order valence-corrected chi connectivity index (χ1v) is 10.8. The molecule has 164 valence electrons. The van der Waals surface area contributed by atoms with E-state index in [1.165, 1.54) is 6.08 Å². The summed E-state index contributed by atoms with van der Waals surface area (Å²) in [6, 6.07) is 17.9. The molecule has 4 rings (SSSR count). The Morgan fingerprint density at radius 2 is 1.73 bits per heavy atom. The Morgan fingerprint density at radius 1 is 1.00 bits per heavy atom. The summed E-state index contributed by atoms with van der Waals surface area (Å²) in [5, 5.41) is 10.5. The predicted octanol–water partition coefficient (Wildman–Crippen LogP) is 6.35. The van der Waals surface area contributed by atoms with Crippen molar-refractivity contribution in [3.05, 3.63) is 98.2 Å². The minimum atomic E-state index is -0.606. The van der Waals surface area contributed by atoms with E-state index in [1.54, 1.807) is 37.3 Å². The van der Waals surface area contributed by atoms with Gasteiger partial charge in [-0.1, -0.05) is 53.0 Å². The van der Waals surface area contributed by atoms with Crippen molar-refractivity contribution in [3.63, 3.8) is 0 Å². The Hall–Kier alpha value is -3.59. The van der Waals surface area contributed by atoms with E-state index in [-0.39, 0.29) is 17.7 Å². The third-order valence-corrected chi connectivity index (χ3v) is 5.94. The molecule has 2 aromatic carbocycles. The highest BCUT2D eigenvalue weighted by atomic mass is 35.5. The highest BCUT2D eigenvalue weighted by Crippen LogP contribution is 2.33. The van der Waals surface area contributed by atoms with Gasteiger partial charge in [-0.05, 0) is 61.4 Å². The van der Waals surface area contributed by atoms with Crippen LogP contribution < -0.4 is 0 Å². The zero-order valence-corrected chi connectivity index (χ0v) is 19.4. The van der Waals surface area contributed by atoms with Gasteiger partial charge in [0.15, 0.2) is 0 Å². The van der Waals surface area contributed by atoms with Crippen LogP contribution in [0.2, 0.25) is 10.0 Å². The number of hydrogen-bond donors (Lipinski definition) is 0. The van der Waals surface area contributed by atoms with Crippen LogP contribution in [-0.2, 0) is 16.1 Å². The minimum absolute atomic E-state index is 0.0670. The van der Waals surface area contributed by atoms with Crippen LogP contribution in [0.1, 0.15) is 23.8 Å².